The van der Waals surface area contributed by atoms with Crippen molar-refractivity contribution in [3.63, 3.8) is 0 Å². The maximum atomic E-state index is 12.8. The summed E-state index contributed by atoms with van der Waals surface area (Å²) in [5.41, 5.74) is 2.51. The molecule has 0 atom stereocenters. The lowest BCUT2D eigenvalue weighted by Gasteiger charge is -2.33. The van der Waals surface area contributed by atoms with Gasteiger partial charge < -0.3 is 9.47 Å². The maximum Gasteiger partial charge on any atom is 0.254 e. The third-order valence-corrected chi connectivity index (χ3v) is 6.40. The second-order valence-corrected chi connectivity index (χ2v) is 8.94. The van der Waals surface area contributed by atoms with Gasteiger partial charge in [0.25, 0.3) is 5.91 Å². The number of sulfonamides is 1. The molecule has 0 radical (unpaired) electrons. The van der Waals surface area contributed by atoms with Crippen LogP contribution in [0.15, 0.2) is 18.2 Å². The number of carbonyl (C=O) groups is 1. The van der Waals surface area contributed by atoms with E-state index in [0.29, 0.717) is 37.7 Å². The number of fused-ring (bicyclic) bond motifs is 1. The topological polar surface area (TPSA) is 75.5 Å². The van der Waals surface area contributed by atoms with Gasteiger partial charge >= 0.3 is 0 Å². The van der Waals surface area contributed by atoms with E-state index in [9.17, 15) is 13.2 Å². The van der Waals surface area contributed by atoms with Crippen LogP contribution in [0.2, 0.25) is 0 Å². The van der Waals surface area contributed by atoms with Crippen molar-refractivity contribution in [2.45, 2.75) is 18.8 Å². The van der Waals surface area contributed by atoms with Crippen molar-refractivity contribution in [2.24, 2.45) is 7.05 Å². The number of rotatable bonds is 3. The highest BCUT2D eigenvalue weighted by Gasteiger charge is 2.29. The number of hydrogen-bond donors (Lipinski definition) is 0. The van der Waals surface area contributed by atoms with Crippen LogP contribution in [-0.2, 0) is 17.1 Å². The van der Waals surface area contributed by atoms with Gasteiger partial charge in [0.05, 0.1) is 17.3 Å². The van der Waals surface area contributed by atoms with Gasteiger partial charge in [0.2, 0.25) is 10.0 Å². The van der Waals surface area contributed by atoms with E-state index >= 15 is 0 Å². The molecule has 25 heavy (non-hydrogen) atoms. The first kappa shape index (κ1) is 16.5. The van der Waals surface area contributed by atoms with E-state index in [1.165, 1.54) is 23.4 Å². The number of benzene rings is 1. The summed E-state index contributed by atoms with van der Waals surface area (Å²) in [6.45, 7) is 1.53. The van der Waals surface area contributed by atoms with Crippen molar-refractivity contribution < 1.29 is 13.2 Å². The van der Waals surface area contributed by atoms with E-state index in [1.54, 1.807) is 4.90 Å². The fraction of sp³-hybridized carbons (Fsp3) is 0.529. The third kappa shape index (κ3) is 3.04. The summed E-state index contributed by atoms with van der Waals surface area (Å²) >= 11 is 0. The van der Waals surface area contributed by atoms with E-state index in [4.69, 9.17) is 4.98 Å². The first-order chi connectivity index (χ1) is 11.8. The Morgan fingerprint density at radius 1 is 1.16 bits per heavy atom. The van der Waals surface area contributed by atoms with Crippen molar-refractivity contribution >= 4 is 27.0 Å². The molecule has 2 aliphatic rings. The van der Waals surface area contributed by atoms with Crippen LogP contribution >= 0.6 is 0 Å². The fourth-order valence-electron chi connectivity index (χ4n) is 3.46. The summed E-state index contributed by atoms with van der Waals surface area (Å²) in [6, 6.07) is 5.65. The molecule has 1 amide bonds. The zero-order valence-electron chi connectivity index (χ0n) is 14.5. The molecule has 7 nitrogen and oxygen atoms in total. The van der Waals surface area contributed by atoms with Crippen molar-refractivity contribution in [2.75, 3.05) is 32.4 Å². The normalized spacial score (nSPS) is 19.5. The number of aryl methyl sites for hydroxylation is 1. The summed E-state index contributed by atoms with van der Waals surface area (Å²) in [5, 5.41) is 0. The van der Waals surface area contributed by atoms with Crippen molar-refractivity contribution in [3.8, 4) is 0 Å². The van der Waals surface area contributed by atoms with E-state index in [0.717, 1.165) is 16.9 Å². The average molecular weight is 362 g/mol. The molecule has 0 unspecified atom stereocenters. The van der Waals surface area contributed by atoms with Crippen molar-refractivity contribution in [1.29, 1.82) is 0 Å². The summed E-state index contributed by atoms with van der Waals surface area (Å²) in [6.07, 6.45) is 3.58. The highest BCUT2D eigenvalue weighted by atomic mass is 32.2. The Labute approximate surface area is 147 Å². The number of piperazine rings is 1. The molecule has 2 heterocycles. The van der Waals surface area contributed by atoms with E-state index < -0.39 is 10.0 Å². The van der Waals surface area contributed by atoms with Crippen LogP contribution in [0.1, 0.15) is 34.9 Å². The Hall–Kier alpha value is -1.93. The minimum Gasteiger partial charge on any atom is -0.336 e. The molecule has 1 saturated heterocycles. The van der Waals surface area contributed by atoms with Gasteiger partial charge in [-0.3, -0.25) is 4.79 Å². The van der Waals surface area contributed by atoms with Crippen molar-refractivity contribution in [3.05, 3.63) is 29.6 Å². The van der Waals surface area contributed by atoms with Gasteiger partial charge in [-0.05, 0) is 31.0 Å². The quantitative estimate of drug-likeness (QED) is 0.821. The molecular weight excluding hydrogens is 340 g/mol. The fourth-order valence-corrected chi connectivity index (χ4v) is 4.29. The summed E-state index contributed by atoms with van der Waals surface area (Å²) < 4.78 is 26.7. The Morgan fingerprint density at radius 3 is 2.44 bits per heavy atom. The van der Waals surface area contributed by atoms with Crippen LogP contribution in [0.4, 0.5) is 0 Å². The van der Waals surface area contributed by atoms with Crippen LogP contribution in [0, 0.1) is 0 Å². The lowest BCUT2D eigenvalue weighted by atomic mass is 10.1. The van der Waals surface area contributed by atoms with Crippen molar-refractivity contribution in [1.82, 2.24) is 18.8 Å². The third-order valence-electron chi connectivity index (χ3n) is 5.10. The van der Waals surface area contributed by atoms with Gasteiger partial charge in [-0.2, -0.15) is 4.31 Å². The van der Waals surface area contributed by atoms with Crippen LogP contribution < -0.4 is 0 Å². The maximum absolute atomic E-state index is 12.8. The van der Waals surface area contributed by atoms with E-state index in [-0.39, 0.29) is 5.91 Å². The molecule has 2 fully saturated rings. The largest absolute Gasteiger partial charge is 0.336 e. The molecule has 1 aromatic heterocycles. The SMILES string of the molecule is Cn1c(C2CC2)nc2cc(C(=O)N3CCN(S(C)(=O)=O)CC3)ccc21. The molecule has 1 aliphatic heterocycles. The second kappa shape index (κ2) is 5.81. The zero-order chi connectivity index (χ0) is 17.8. The Balaban J connectivity index is 1.54. The Bertz CT molecular complexity index is 938. The van der Waals surface area contributed by atoms with E-state index in [1.807, 2.05) is 25.2 Å². The number of carbonyl (C=O) groups excluding carboxylic acids is 1. The van der Waals surface area contributed by atoms with Gasteiger partial charge in [0.15, 0.2) is 0 Å². The molecule has 2 aromatic rings. The number of imidazole rings is 1. The monoisotopic (exact) mass is 362 g/mol. The summed E-state index contributed by atoms with van der Waals surface area (Å²) in [4.78, 5) is 19.2. The lowest BCUT2D eigenvalue weighted by molar-refractivity contribution is 0.0698. The number of aromatic nitrogens is 2. The molecular formula is C17H22N4O3S. The smallest absolute Gasteiger partial charge is 0.254 e. The number of amides is 1. The molecule has 0 bridgehead atoms. The zero-order valence-corrected chi connectivity index (χ0v) is 15.3. The molecule has 134 valence electrons. The Kier molecular flexibility index (Phi) is 3.84. The summed E-state index contributed by atoms with van der Waals surface area (Å²) in [5.74, 6) is 1.59. The van der Waals surface area contributed by atoms with Gasteiger partial charge in [-0.15, -0.1) is 0 Å². The predicted octanol–water partition coefficient (Wildman–Crippen LogP) is 1.17. The molecule has 0 N–H and O–H groups in total. The van der Waals surface area contributed by atoms with Gasteiger partial charge in [-0.25, -0.2) is 13.4 Å². The minimum absolute atomic E-state index is 0.0614. The van der Waals surface area contributed by atoms with Crippen LogP contribution in [-0.4, -0.2) is 65.5 Å². The van der Waals surface area contributed by atoms with Crippen LogP contribution in [0.5, 0.6) is 0 Å². The van der Waals surface area contributed by atoms with Gasteiger partial charge in [0, 0.05) is 44.7 Å². The highest BCUT2D eigenvalue weighted by Crippen LogP contribution is 2.40. The van der Waals surface area contributed by atoms with Crippen LogP contribution in [0.25, 0.3) is 11.0 Å². The molecule has 1 saturated carbocycles. The number of hydrogen-bond acceptors (Lipinski definition) is 4. The predicted molar refractivity (Wildman–Crippen MR) is 95.0 cm³/mol. The first-order valence-electron chi connectivity index (χ1n) is 8.55. The van der Waals surface area contributed by atoms with Crippen LogP contribution in [0.3, 0.4) is 0 Å². The molecule has 4 rings (SSSR count). The first-order valence-corrected chi connectivity index (χ1v) is 10.4. The molecule has 1 aliphatic carbocycles. The van der Waals surface area contributed by atoms with Gasteiger partial charge in [0.1, 0.15) is 5.82 Å². The minimum atomic E-state index is -3.19. The highest BCUT2D eigenvalue weighted by molar-refractivity contribution is 7.88. The second-order valence-electron chi connectivity index (χ2n) is 6.96. The molecule has 1 aromatic carbocycles. The standard InChI is InChI=1S/C17H22N4O3S/c1-19-15-6-5-13(11-14(15)18-16(19)12-3-4-12)17(22)20-7-9-21(10-8-20)25(2,23)24/h5-6,11-12H,3-4,7-10H2,1-2H3. The number of nitrogens with zero attached hydrogens (tertiary/aromatic N) is 4. The summed E-state index contributed by atoms with van der Waals surface area (Å²) in [7, 11) is -1.17. The van der Waals surface area contributed by atoms with Gasteiger partial charge in [-0.1, -0.05) is 0 Å². The average Bonchev–Trinajstić information content (AvgIpc) is 3.38. The lowest BCUT2D eigenvalue weighted by Crippen LogP contribution is -2.50. The Morgan fingerprint density at radius 2 is 1.84 bits per heavy atom. The molecule has 0 spiro atoms. The van der Waals surface area contributed by atoms with E-state index in [2.05, 4.69) is 4.57 Å². The molecule has 8 heteroatoms.